The minimum absolute atomic E-state index is 0.00460. The van der Waals surface area contributed by atoms with Crippen molar-refractivity contribution in [2.45, 2.75) is 65.0 Å². The molecular formula is C33H30F10N10O4. The van der Waals surface area contributed by atoms with Crippen LogP contribution < -0.4 is 9.47 Å². The number of ether oxygens (including phenoxy) is 4. The molecule has 0 spiro atoms. The van der Waals surface area contributed by atoms with Crippen LogP contribution in [0.3, 0.4) is 0 Å². The van der Waals surface area contributed by atoms with Crippen molar-refractivity contribution in [3.63, 3.8) is 0 Å². The van der Waals surface area contributed by atoms with Gasteiger partial charge >= 0.3 is 18.5 Å². The lowest BCUT2D eigenvalue weighted by molar-refractivity contribution is -0.258. The van der Waals surface area contributed by atoms with Crippen molar-refractivity contribution in [1.29, 1.82) is 0 Å². The molecule has 6 heterocycles. The number of aromatic nitrogens is 10. The molecule has 0 fully saturated rings. The molecule has 0 aliphatic heterocycles. The number of methoxy groups -OCH3 is 1. The Kier molecular flexibility index (Phi) is 12.5. The summed E-state index contributed by atoms with van der Waals surface area (Å²) in [6.07, 6.45) is -13.1. The molecule has 306 valence electrons. The van der Waals surface area contributed by atoms with Crippen LogP contribution >= 0.6 is 0 Å². The predicted octanol–water partition coefficient (Wildman–Crippen LogP) is 7.18. The molecule has 2 atom stereocenters. The lowest BCUT2D eigenvalue weighted by Gasteiger charge is -2.17. The lowest BCUT2D eigenvalue weighted by Crippen LogP contribution is -2.31. The Morgan fingerprint density at radius 2 is 1.25 bits per heavy atom. The molecule has 14 nitrogen and oxygen atoms in total. The highest BCUT2D eigenvalue weighted by Gasteiger charge is 2.41. The Labute approximate surface area is 314 Å². The smallest absolute Gasteiger partial charge is 0.425 e. The number of fused-ring (bicyclic) bond motifs is 2. The van der Waals surface area contributed by atoms with E-state index < -0.39 is 59.9 Å². The molecule has 24 heteroatoms. The minimum Gasteiger partial charge on any atom is -0.463 e. The summed E-state index contributed by atoms with van der Waals surface area (Å²) < 4.78 is 153. The summed E-state index contributed by atoms with van der Waals surface area (Å²) in [4.78, 5) is 11.2. The first kappa shape index (κ1) is 42.4. The van der Waals surface area contributed by atoms with Crippen LogP contribution in [-0.2, 0) is 22.2 Å². The summed E-state index contributed by atoms with van der Waals surface area (Å²) in [7, 11) is 1.49. The predicted molar refractivity (Wildman–Crippen MR) is 176 cm³/mol. The molecule has 0 aromatic carbocycles. The van der Waals surface area contributed by atoms with Crippen molar-refractivity contribution in [2.75, 3.05) is 13.7 Å². The summed E-state index contributed by atoms with van der Waals surface area (Å²) in [5, 5.41) is 19.2. The van der Waals surface area contributed by atoms with Crippen LogP contribution in [0.15, 0.2) is 49.1 Å². The first-order chi connectivity index (χ1) is 26.7. The van der Waals surface area contributed by atoms with E-state index in [1.807, 2.05) is 0 Å². The van der Waals surface area contributed by atoms with Gasteiger partial charge in [0.2, 0.25) is 5.82 Å². The number of alkyl halides is 8. The summed E-state index contributed by atoms with van der Waals surface area (Å²) in [6.45, 7) is 4.82. The molecular weight excluding hydrogens is 790 g/mol. The Hall–Kier alpha value is -5.78. The fourth-order valence-electron chi connectivity index (χ4n) is 4.46. The molecule has 0 saturated heterocycles. The summed E-state index contributed by atoms with van der Waals surface area (Å²) >= 11 is 0. The van der Waals surface area contributed by atoms with E-state index in [1.54, 1.807) is 26.0 Å². The largest absolute Gasteiger partial charge is 0.463 e. The van der Waals surface area contributed by atoms with E-state index in [-0.39, 0.29) is 41.6 Å². The molecule has 0 radical (unpaired) electrons. The normalized spacial score (nSPS) is 13.5. The standard InChI is InChI=1S/C18H17F6N5O2.C15H13F4N5O2/c1-9(2)8-30-18(23,24)16-28-27-14-6-25-13(7-29(14)16)11-4-12(19)15(26-5-11)31-10(3)17(20,21)22;1-8(15(17,18)19)26-14-10(16)5-9(6-20-14)11-3-4-12-21-22-13(7-25-2)24(12)23-11/h4-7,9-10H,8H2,1-3H3;3-6,8H,7H2,1-2H3/t10-;8-/m01/s1. The SMILES string of the molecule is CC(C)COC(F)(F)c1nnc2cnc(-c3cnc(O[C@@H](C)C(F)(F)F)c(F)c3)cn12.COCc1nnc2ccc(-c3cnc(O[C@H](C)C(F)(F)F)c(F)c3)nn12. The van der Waals surface area contributed by atoms with Crippen LogP contribution in [0.5, 0.6) is 11.8 Å². The number of pyridine rings is 2. The highest BCUT2D eigenvalue weighted by Crippen LogP contribution is 2.32. The van der Waals surface area contributed by atoms with E-state index in [0.717, 1.165) is 42.0 Å². The van der Waals surface area contributed by atoms with Crippen molar-refractivity contribution in [3.8, 4) is 34.3 Å². The fourth-order valence-corrected chi connectivity index (χ4v) is 4.46. The fraction of sp³-hybridized carbons (Fsp3) is 0.394. The Bertz CT molecular complexity index is 2320. The monoisotopic (exact) mass is 820 g/mol. The number of rotatable bonds is 12. The van der Waals surface area contributed by atoms with E-state index in [1.165, 1.54) is 17.8 Å². The quantitative estimate of drug-likeness (QED) is 0.115. The Morgan fingerprint density at radius 1 is 0.684 bits per heavy atom. The third-order valence-electron chi connectivity index (χ3n) is 7.46. The maximum absolute atomic E-state index is 14.4. The molecule has 0 bridgehead atoms. The zero-order chi connectivity index (χ0) is 41.9. The molecule has 6 rings (SSSR count). The summed E-state index contributed by atoms with van der Waals surface area (Å²) in [5.74, 6) is -4.31. The van der Waals surface area contributed by atoms with Crippen LogP contribution in [-0.4, -0.2) is 87.6 Å². The maximum Gasteiger partial charge on any atom is 0.425 e. The van der Waals surface area contributed by atoms with Gasteiger partial charge in [-0.2, -0.15) is 44.7 Å². The van der Waals surface area contributed by atoms with Crippen LogP contribution in [0.1, 0.15) is 39.3 Å². The van der Waals surface area contributed by atoms with E-state index in [2.05, 4.69) is 54.7 Å². The highest BCUT2D eigenvalue weighted by atomic mass is 19.4. The molecule has 0 N–H and O–H groups in total. The van der Waals surface area contributed by atoms with E-state index in [0.29, 0.717) is 24.1 Å². The number of halogens is 10. The molecule has 0 aliphatic carbocycles. The van der Waals surface area contributed by atoms with Gasteiger partial charge in [0.25, 0.3) is 11.8 Å². The first-order valence-corrected chi connectivity index (χ1v) is 16.4. The number of nitrogens with zero attached hydrogens (tertiary/aromatic N) is 10. The van der Waals surface area contributed by atoms with Gasteiger partial charge in [0.15, 0.2) is 41.0 Å². The lowest BCUT2D eigenvalue weighted by atomic mass is 10.2. The second-order valence-corrected chi connectivity index (χ2v) is 12.4. The average molecular weight is 821 g/mol. The first-order valence-electron chi connectivity index (χ1n) is 16.4. The zero-order valence-corrected chi connectivity index (χ0v) is 30.1. The number of hydrogen-bond acceptors (Lipinski definition) is 12. The minimum atomic E-state index is -4.70. The van der Waals surface area contributed by atoms with Crippen molar-refractivity contribution in [2.24, 2.45) is 5.92 Å². The molecule has 57 heavy (non-hydrogen) atoms. The number of hydrogen-bond donors (Lipinski definition) is 0. The average Bonchev–Trinajstić information content (AvgIpc) is 3.76. The van der Waals surface area contributed by atoms with Gasteiger partial charge in [0.1, 0.15) is 6.61 Å². The van der Waals surface area contributed by atoms with Gasteiger partial charge < -0.3 is 18.9 Å². The Morgan fingerprint density at radius 3 is 1.77 bits per heavy atom. The van der Waals surface area contributed by atoms with Gasteiger partial charge in [0.05, 0.1) is 24.2 Å². The van der Waals surface area contributed by atoms with Crippen LogP contribution in [0.4, 0.5) is 43.9 Å². The van der Waals surface area contributed by atoms with Crippen LogP contribution in [0, 0.1) is 17.6 Å². The van der Waals surface area contributed by atoms with Gasteiger partial charge in [-0.25, -0.2) is 18.7 Å². The van der Waals surface area contributed by atoms with Gasteiger partial charge in [-0.05, 0) is 44.0 Å². The van der Waals surface area contributed by atoms with E-state index in [9.17, 15) is 43.9 Å². The molecule has 0 aliphatic rings. The highest BCUT2D eigenvalue weighted by molar-refractivity contribution is 5.60. The third-order valence-corrected chi connectivity index (χ3v) is 7.46. The Balaban J connectivity index is 0.000000221. The summed E-state index contributed by atoms with van der Waals surface area (Å²) in [5.41, 5.74) is 1.05. The topological polar surface area (TPSA) is 149 Å². The van der Waals surface area contributed by atoms with Gasteiger partial charge in [-0.3, -0.25) is 9.38 Å². The van der Waals surface area contributed by atoms with E-state index >= 15 is 0 Å². The molecule has 0 unspecified atom stereocenters. The van der Waals surface area contributed by atoms with Crippen molar-refractivity contribution in [1.82, 2.24) is 49.4 Å². The third kappa shape index (κ3) is 10.2. The zero-order valence-electron chi connectivity index (χ0n) is 30.1. The molecule has 0 amide bonds. The van der Waals surface area contributed by atoms with Gasteiger partial charge in [-0.15, -0.1) is 20.4 Å². The molecule has 6 aromatic heterocycles. The van der Waals surface area contributed by atoms with Crippen molar-refractivity contribution in [3.05, 3.63) is 72.3 Å². The summed E-state index contributed by atoms with van der Waals surface area (Å²) in [6, 6.07) is 5.01. The van der Waals surface area contributed by atoms with Crippen molar-refractivity contribution >= 4 is 11.3 Å². The van der Waals surface area contributed by atoms with Crippen LogP contribution in [0.2, 0.25) is 0 Å². The van der Waals surface area contributed by atoms with Crippen molar-refractivity contribution < 1.29 is 62.9 Å². The second-order valence-electron chi connectivity index (χ2n) is 12.4. The molecule has 6 aromatic rings. The second kappa shape index (κ2) is 16.8. The van der Waals surface area contributed by atoms with Gasteiger partial charge in [-0.1, -0.05) is 13.8 Å². The van der Waals surface area contributed by atoms with E-state index in [4.69, 9.17) is 4.74 Å². The van der Waals surface area contributed by atoms with Gasteiger partial charge in [0, 0.05) is 36.8 Å². The van der Waals surface area contributed by atoms with Crippen LogP contribution in [0.25, 0.3) is 33.8 Å². The molecule has 0 saturated carbocycles. The maximum atomic E-state index is 14.4.